The predicted octanol–water partition coefficient (Wildman–Crippen LogP) is 2.41. The summed E-state index contributed by atoms with van der Waals surface area (Å²) >= 11 is 2.83. The fraction of sp³-hybridized carbons (Fsp3) is 0.400. The Morgan fingerprint density at radius 2 is 2.28 bits per heavy atom. The van der Waals surface area contributed by atoms with Crippen molar-refractivity contribution in [1.82, 2.24) is 5.32 Å². The van der Waals surface area contributed by atoms with Gasteiger partial charge in [0.05, 0.1) is 9.40 Å². The van der Waals surface area contributed by atoms with E-state index in [-0.39, 0.29) is 10.5 Å². The number of nitro benzene ring substituents is 1. The Morgan fingerprint density at radius 1 is 1.61 bits per heavy atom. The summed E-state index contributed by atoms with van der Waals surface area (Å²) in [7, 11) is 0. The van der Waals surface area contributed by atoms with Gasteiger partial charge in [-0.3, -0.25) is 10.1 Å². The molecule has 0 aliphatic carbocycles. The van der Waals surface area contributed by atoms with Crippen LogP contribution in [0.2, 0.25) is 0 Å². The van der Waals surface area contributed by atoms with Crippen molar-refractivity contribution in [3.63, 3.8) is 0 Å². The van der Waals surface area contributed by atoms with Gasteiger partial charge < -0.3 is 10.6 Å². The van der Waals surface area contributed by atoms with Gasteiger partial charge in [0, 0.05) is 12.6 Å². The van der Waals surface area contributed by atoms with E-state index in [0.29, 0.717) is 6.54 Å². The van der Waals surface area contributed by atoms with Crippen molar-refractivity contribution in [2.75, 3.05) is 18.4 Å². The third-order valence-corrected chi connectivity index (χ3v) is 3.36. The second-order valence-corrected chi connectivity index (χ2v) is 4.81. The van der Waals surface area contributed by atoms with E-state index < -0.39 is 27.9 Å². The molecule has 1 atom stereocenters. The van der Waals surface area contributed by atoms with Crippen molar-refractivity contribution in [3.05, 3.63) is 32.3 Å². The van der Waals surface area contributed by atoms with Crippen LogP contribution in [0.5, 0.6) is 0 Å². The third-order valence-electron chi connectivity index (χ3n) is 2.78. The van der Waals surface area contributed by atoms with Crippen LogP contribution in [0.3, 0.4) is 0 Å². The minimum atomic E-state index is -1.07. The summed E-state index contributed by atoms with van der Waals surface area (Å²) in [4.78, 5) is 9.83. The van der Waals surface area contributed by atoms with Crippen LogP contribution in [0, 0.1) is 21.7 Å². The van der Waals surface area contributed by atoms with Gasteiger partial charge in [-0.15, -0.1) is 0 Å². The zero-order valence-electron chi connectivity index (χ0n) is 9.17. The minimum absolute atomic E-state index is 0.131. The third kappa shape index (κ3) is 2.44. The van der Waals surface area contributed by atoms with Crippen molar-refractivity contribution in [1.29, 1.82) is 0 Å². The number of benzene rings is 1. The maximum atomic E-state index is 13.8. The van der Waals surface area contributed by atoms with Gasteiger partial charge >= 0.3 is 5.69 Å². The molecular formula is C10H10BrF2N3O2. The molecule has 1 saturated heterocycles. The number of hydrogen-bond donors (Lipinski definition) is 2. The molecule has 1 aliphatic rings. The Morgan fingerprint density at radius 3 is 2.78 bits per heavy atom. The van der Waals surface area contributed by atoms with Crippen LogP contribution in [0.1, 0.15) is 6.42 Å². The topological polar surface area (TPSA) is 67.2 Å². The molecule has 0 amide bonds. The summed E-state index contributed by atoms with van der Waals surface area (Å²) in [6.07, 6.45) is 0.902. The molecule has 0 bridgehead atoms. The van der Waals surface area contributed by atoms with Gasteiger partial charge in [-0.1, -0.05) is 0 Å². The Balaban J connectivity index is 2.31. The smallest absolute Gasteiger partial charge is 0.330 e. The molecule has 1 fully saturated rings. The first-order chi connectivity index (χ1) is 8.50. The first-order valence-electron chi connectivity index (χ1n) is 5.30. The lowest BCUT2D eigenvalue weighted by Gasteiger charge is -2.28. The number of nitro groups is 1. The monoisotopic (exact) mass is 321 g/mol. The quantitative estimate of drug-likeness (QED) is 0.507. The second kappa shape index (κ2) is 5.15. The molecular weight excluding hydrogens is 312 g/mol. The van der Waals surface area contributed by atoms with Crippen LogP contribution in [0.25, 0.3) is 0 Å². The van der Waals surface area contributed by atoms with E-state index in [0.717, 1.165) is 19.0 Å². The van der Waals surface area contributed by atoms with Gasteiger partial charge in [0.15, 0.2) is 11.5 Å². The number of anilines is 1. The van der Waals surface area contributed by atoms with Gasteiger partial charge in [-0.25, -0.2) is 4.39 Å². The average Bonchev–Trinajstić information content (AvgIpc) is 2.22. The average molecular weight is 322 g/mol. The van der Waals surface area contributed by atoms with Crippen molar-refractivity contribution in [3.8, 4) is 0 Å². The van der Waals surface area contributed by atoms with E-state index >= 15 is 0 Å². The van der Waals surface area contributed by atoms with E-state index in [1.165, 1.54) is 0 Å². The lowest BCUT2D eigenvalue weighted by molar-refractivity contribution is -0.386. The summed E-state index contributed by atoms with van der Waals surface area (Å²) in [6.45, 7) is 1.18. The largest absolute Gasteiger partial charge is 0.375 e. The number of nitrogens with zero attached hydrogens (tertiary/aromatic N) is 1. The van der Waals surface area contributed by atoms with Gasteiger partial charge in [0.25, 0.3) is 0 Å². The lowest BCUT2D eigenvalue weighted by atomic mass is 10.1. The van der Waals surface area contributed by atoms with Gasteiger partial charge in [0.2, 0.25) is 5.82 Å². The summed E-state index contributed by atoms with van der Waals surface area (Å²) in [5.41, 5.74) is -1.28. The summed E-state index contributed by atoms with van der Waals surface area (Å²) < 4.78 is 27.1. The maximum Gasteiger partial charge on any atom is 0.330 e. The van der Waals surface area contributed by atoms with Crippen LogP contribution in [0.15, 0.2) is 10.5 Å². The Bertz CT molecular complexity index is 495. The molecule has 0 spiro atoms. The molecule has 1 aromatic carbocycles. The molecule has 18 heavy (non-hydrogen) atoms. The van der Waals surface area contributed by atoms with Crippen molar-refractivity contribution < 1.29 is 13.7 Å². The van der Waals surface area contributed by atoms with E-state index in [1.807, 2.05) is 0 Å². The Kier molecular flexibility index (Phi) is 3.76. The highest BCUT2D eigenvalue weighted by molar-refractivity contribution is 9.10. The van der Waals surface area contributed by atoms with E-state index in [9.17, 15) is 18.9 Å². The zero-order valence-corrected chi connectivity index (χ0v) is 10.8. The molecule has 0 saturated carbocycles. The zero-order chi connectivity index (χ0) is 13.3. The van der Waals surface area contributed by atoms with E-state index in [1.54, 1.807) is 0 Å². The number of rotatable bonds is 4. The molecule has 0 aromatic heterocycles. The fourth-order valence-corrected chi connectivity index (χ4v) is 2.07. The Hall–Kier alpha value is -1.28. The van der Waals surface area contributed by atoms with Crippen LogP contribution >= 0.6 is 15.9 Å². The molecule has 98 valence electrons. The lowest BCUT2D eigenvalue weighted by Crippen LogP contribution is -2.47. The molecule has 1 aliphatic heterocycles. The summed E-state index contributed by atoms with van der Waals surface area (Å²) in [5.74, 6) is -1.93. The first kappa shape index (κ1) is 13.2. The van der Waals surface area contributed by atoms with Crippen LogP contribution in [0.4, 0.5) is 20.2 Å². The molecule has 2 rings (SSSR count). The molecule has 0 unspecified atom stereocenters. The molecule has 2 N–H and O–H groups in total. The number of halogens is 3. The minimum Gasteiger partial charge on any atom is -0.375 e. The highest BCUT2D eigenvalue weighted by Gasteiger charge is 2.27. The van der Waals surface area contributed by atoms with Gasteiger partial charge in [0.1, 0.15) is 0 Å². The molecule has 0 radical (unpaired) electrons. The predicted molar refractivity (Wildman–Crippen MR) is 65.6 cm³/mol. The van der Waals surface area contributed by atoms with E-state index in [4.69, 9.17) is 0 Å². The fourth-order valence-electron chi connectivity index (χ4n) is 1.67. The maximum absolute atomic E-state index is 13.8. The van der Waals surface area contributed by atoms with Crippen LogP contribution in [-0.4, -0.2) is 24.1 Å². The Labute approximate surface area is 110 Å². The van der Waals surface area contributed by atoms with Crippen molar-refractivity contribution in [2.24, 2.45) is 0 Å². The molecule has 8 heteroatoms. The van der Waals surface area contributed by atoms with Gasteiger partial charge in [-0.05, 0) is 35.0 Å². The molecule has 5 nitrogen and oxygen atoms in total. The normalized spacial score (nSPS) is 18.3. The standard InChI is InChI=1S/C10H10BrF2N3O2/c11-6-3-7(12)10(16(17)18)9(8(6)13)15-4-5-1-2-14-5/h3,5,14-15H,1-2,4H2/t5-/m0/s1. The van der Waals surface area contributed by atoms with Crippen LogP contribution in [-0.2, 0) is 0 Å². The second-order valence-electron chi connectivity index (χ2n) is 3.96. The summed E-state index contributed by atoms with van der Waals surface area (Å²) in [5, 5.41) is 16.4. The number of hydrogen-bond acceptors (Lipinski definition) is 4. The summed E-state index contributed by atoms with van der Waals surface area (Å²) in [6, 6.07) is 0.881. The molecule has 1 heterocycles. The first-order valence-corrected chi connectivity index (χ1v) is 6.09. The highest BCUT2D eigenvalue weighted by Crippen LogP contribution is 2.35. The van der Waals surface area contributed by atoms with Crippen molar-refractivity contribution in [2.45, 2.75) is 12.5 Å². The highest BCUT2D eigenvalue weighted by atomic mass is 79.9. The number of nitrogens with one attached hydrogen (secondary N) is 2. The van der Waals surface area contributed by atoms with Crippen LogP contribution < -0.4 is 10.6 Å². The van der Waals surface area contributed by atoms with Gasteiger partial charge in [-0.2, -0.15) is 4.39 Å². The van der Waals surface area contributed by atoms with Crippen molar-refractivity contribution >= 4 is 27.3 Å². The molecule has 1 aromatic rings. The van der Waals surface area contributed by atoms with E-state index in [2.05, 4.69) is 26.6 Å². The SMILES string of the molecule is O=[N+]([O-])c1c(F)cc(Br)c(F)c1NC[C@@H]1CCN1.